The lowest BCUT2D eigenvalue weighted by atomic mass is 9.81. The fourth-order valence-electron chi connectivity index (χ4n) is 6.75. The van der Waals surface area contributed by atoms with Crippen molar-refractivity contribution in [2.45, 2.75) is 38.5 Å². The Balaban J connectivity index is 1.72. The predicted molar refractivity (Wildman–Crippen MR) is 125 cm³/mol. The van der Waals surface area contributed by atoms with E-state index in [0.717, 1.165) is 0 Å². The van der Waals surface area contributed by atoms with Gasteiger partial charge in [0.1, 0.15) is 0 Å². The van der Waals surface area contributed by atoms with Crippen LogP contribution >= 0.6 is 0 Å². The zero-order valence-electron chi connectivity index (χ0n) is 17.7. The molecule has 0 fully saturated rings. The third-order valence-corrected chi connectivity index (χ3v) is 8.00. The summed E-state index contributed by atoms with van der Waals surface area (Å²) in [4.78, 5) is 0. The first-order valence-corrected chi connectivity index (χ1v) is 11.2. The molecule has 4 aromatic carbocycles. The molecule has 144 valence electrons. The van der Waals surface area contributed by atoms with E-state index < -0.39 is 0 Å². The minimum absolute atomic E-state index is 0.435. The van der Waals surface area contributed by atoms with E-state index in [1.807, 2.05) is 0 Å². The first-order chi connectivity index (χ1) is 14.7. The molecule has 0 amide bonds. The number of hydrogen-bond donors (Lipinski definition) is 0. The van der Waals surface area contributed by atoms with Crippen molar-refractivity contribution in [1.82, 2.24) is 0 Å². The molecule has 0 aliphatic heterocycles. The Labute approximate surface area is 178 Å². The Hall–Kier alpha value is -3.12. The molecule has 3 atom stereocenters. The van der Waals surface area contributed by atoms with E-state index in [1.54, 1.807) is 16.7 Å². The van der Waals surface area contributed by atoms with Gasteiger partial charge in [-0.1, -0.05) is 93.6 Å². The molecule has 0 nitrogen and oxygen atoms in total. The first kappa shape index (κ1) is 16.7. The van der Waals surface area contributed by atoms with Gasteiger partial charge in [-0.25, -0.2) is 0 Å². The van der Waals surface area contributed by atoms with Crippen LogP contribution in [-0.2, 0) is 0 Å². The quantitative estimate of drug-likeness (QED) is 0.287. The lowest BCUT2D eigenvalue weighted by Crippen LogP contribution is -2.02. The minimum atomic E-state index is 0.435. The van der Waals surface area contributed by atoms with Gasteiger partial charge in [-0.2, -0.15) is 0 Å². The van der Waals surface area contributed by atoms with Crippen molar-refractivity contribution < 1.29 is 0 Å². The molecule has 0 spiro atoms. The van der Waals surface area contributed by atoms with E-state index in [9.17, 15) is 0 Å². The number of hydrogen-bond acceptors (Lipinski definition) is 0. The van der Waals surface area contributed by atoms with Crippen molar-refractivity contribution in [3.05, 3.63) is 106 Å². The highest BCUT2D eigenvalue weighted by Gasteiger charge is 2.43. The molecule has 0 bridgehead atoms. The van der Waals surface area contributed by atoms with Crippen molar-refractivity contribution >= 4 is 0 Å². The average Bonchev–Trinajstić information content (AvgIpc) is 3.36. The fourth-order valence-corrected chi connectivity index (χ4v) is 6.75. The molecule has 7 rings (SSSR count). The molecule has 4 aromatic rings. The van der Waals surface area contributed by atoms with Crippen LogP contribution in [-0.4, -0.2) is 0 Å². The molecule has 3 aliphatic rings. The van der Waals surface area contributed by atoms with Crippen molar-refractivity contribution in [2.24, 2.45) is 0 Å². The van der Waals surface area contributed by atoms with Gasteiger partial charge in [0, 0.05) is 17.8 Å². The summed E-state index contributed by atoms with van der Waals surface area (Å²) >= 11 is 0. The third-order valence-electron chi connectivity index (χ3n) is 8.00. The van der Waals surface area contributed by atoms with Crippen molar-refractivity contribution in [3.63, 3.8) is 0 Å². The summed E-state index contributed by atoms with van der Waals surface area (Å²) in [6.45, 7) is 7.24. The Morgan fingerprint density at radius 2 is 0.667 bits per heavy atom. The Bertz CT molecular complexity index is 1200. The monoisotopic (exact) mass is 384 g/mol. The zero-order valence-corrected chi connectivity index (χ0v) is 17.7. The predicted octanol–water partition coefficient (Wildman–Crippen LogP) is 8.08. The summed E-state index contributed by atoms with van der Waals surface area (Å²) in [5, 5.41) is 0. The van der Waals surface area contributed by atoms with Gasteiger partial charge >= 0.3 is 0 Å². The highest BCUT2D eigenvalue weighted by Crippen LogP contribution is 2.63. The van der Waals surface area contributed by atoms with E-state index in [-0.39, 0.29) is 0 Å². The topological polar surface area (TPSA) is 0 Å². The molecule has 0 N–H and O–H groups in total. The summed E-state index contributed by atoms with van der Waals surface area (Å²) in [6.07, 6.45) is 0. The zero-order chi connectivity index (χ0) is 20.1. The molecular formula is C30H24. The summed E-state index contributed by atoms with van der Waals surface area (Å²) in [5.74, 6) is 1.30. The normalized spacial score (nSPS) is 21.5. The largest absolute Gasteiger partial charge is 0.0619 e. The Morgan fingerprint density at radius 3 is 0.967 bits per heavy atom. The summed E-state index contributed by atoms with van der Waals surface area (Å²) in [5.41, 5.74) is 18.1. The fraction of sp³-hybridized carbons (Fsp3) is 0.200. The summed E-state index contributed by atoms with van der Waals surface area (Å²) < 4.78 is 0. The third kappa shape index (κ3) is 1.76. The van der Waals surface area contributed by atoms with Gasteiger partial charge in [0.2, 0.25) is 0 Å². The molecule has 0 aromatic heterocycles. The van der Waals surface area contributed by atoms with Crippen molar-refractivity contribution in [3.8, 4) is 33.4 Å². The van der Waals surface area contributed by atoms with Gasteiger partial charge in [0.15, 0.2) is 0 Å². The second kappa shape index (κ2) is 5.52. The molecular weight excluding hydrogens is 360 g/mol. The average molecular weight is 385 g/mol. The van der Waals surface area contributed by atoms with E-state index in [1.165, 1.54) is 50.1 Å². The number of benzene rings is 4. The molecule has 3 aliphatic carbocycles. The van der Waals surface area contributed by atoms with Gasteiger partial charge in [-0.3, -0.25) is 0 Å². The molecule has 0 saturated carbocycles. The van der Waals surface area contributed by atoms with Gasteiger partial charge < -0.3 is 0 Å². The number of rotatable bonds is 0. The van der Waals surface area contributed by atoms with Gasteiger partial charge in [-0.05, 0) is 66.8 Å². The number of fused-ring (bicyclic) bond motifs is 12. The summed E-state index contributed by atoms with van der Waals surface area (Å²) in [7, 11) is 0. The van der Waals surface area contributed by atoms with Crippen LogP contribution < -0.4 is 0 Å². The summed E-state index contributed by atoms with van der Waals surface area (Å²) in [6, 6.07) is 27.3. The van der Waals surface area contributed by atoms with Crippen LogP contribution in [0.2, 0.25) is 0 Å². The Kier molecular flexibility index (Phi) is 3.06. The second-order valence-corrected chi connectivity index (χ2v) is 9.29. The molecule has 30 heavy (non-hydrogen) atoms. The van der Waals surface area contributed by atoms with Crippen LogP contribution in [0.5, 0.6) is 0 Å². The first-order valence-electron chi connectivity index (χ1n) is 11.2. The second-order valence-electron chi connectivity index (χ2n) is 9.29. The molecule has 0 saturated heterocycles. The van der Waals surface area contributed by atoms with Crippen molar-refractivity contribution in [2.75, 3.05) is 0 Å². The van der Waals surface area contributed by atoms with Crippen LogP contribution in [0.3, 0.4) is 0 Å². The van der Waals surface area contributed by atoms with Crippen LogP contribution in [0.25, 0.3) is 33.4 Å². The standard InChI is InChI=1S/C30H24/c1-16-19-10-4-7-13-22(19)28-25(16)29-23-14-8-5-11-20(23)17(2)27(29)30-24-15-9-6-12-21(24)18(3)26(28)30/h4-18H,1-3H3/t16-,17-,18+/m1/s1. The smallest absolute Gasteiger partial charge is 0.00796 e. The minimum Gasteiger partial charge on any atom is -0.0619 e. The van der Waals surface area contributed by atoms with Crippen molar-refractivity contribution in [1.29, 1.82) is 0 Å². The highest BCUT2D eigenvalue weighted by atomic mass is 14.5. The van der Waals surface area contributed by atoms with Crippen LogP contribution in [0.4, 0.5) is 0 Å². The molecule has 0 unspecified atom stereocenters. The highest BCUT2D eigenvalue weighted by molar-refractivity contribution is 6.02. The SMILES string of the molecule is C[C@@H]1c2ccccc2-c2c1c1c(c3c2[C@@H](C)c2ccccc2-3)[C@H](C)c2ccccc2-1. The van der Waals surface area contributed by atoms with E-state index >= 15 is 0 Å². The van der Waals surface area contributed by atoms with Gasteiger partial charge in [0.25, 0.3) is 0 Å². The van der Waals surface area contributed by atoms with E-state index in [2.05, 4.69) is 93.6 Å². The van der Waals surface area contributed by atoms with Crippen LogP contribution in [0.15, 0.2) is 72.8 Å². The van der Waals surface area contributed by atoms with E-state index in [0.29, 0.717) is 17.8 Å². The lowest BCUT2D eigenvalue weighted by Gasteiger charge is -2.21. The maximum atomic E-state index is 2.41. The van der Waals surface area contributed by atoms with Gasteiger partial charge in [-0.15, -0.1) is 0 Å². The van der Waals surface area contributed by atoms with Crippen LogP contribution in [0.1, 0.15) is 71.9 Å². The lowest BCUT2D eigenvalue weighted by molar-refractivity contribution is 0.921. The molecule has 0 radical (unpaired) electrons. The molecule has 0 heterocycles. The maximum absolute atomic E-state index is 2.41. The molecule has 0 heteroatoms. The maximum Gasteiger partial charge on any atom is 0.00796 e. The van der Waals surface area contributed by atoms with E-state index in [4.69, 9.17) is 0 Å². The van der Waals surface area contributed by atoms with Gasteiger partial charge in [0.05, 0.1) is 0 Å². The van der Waals surface area contributed by atoms with Crippen LogP contribution in [0, 0.1) is 0 Å². The Morgan fingerprint density at radius 1 is 0.400 bits per heavy atom.